The molecule has 3 heteroatoms. The van der Waals surface area contributed by atoms with Gasteiger partial charge in [0.1, 0.15) is 0 Å². The standard InChI is InChI=1S/C6H7BrO2/c7-3-6(8)5-1-2-9-4-5/h4H,1-3H2. The Bertz CT molecular complexity index is 151. The highest BCUT2D eigenvalue weighted by molar-refractivity contribution is 9.09. The predicted molar refractivity (Wildman–Crippen MR) is 37.5 cm³/mol. The van der Waals surface area contributed by atoms with Gasteiger partial charge in [-0.1, -0.05) is 15.9 Å². The number of ether oxygens (including phenoxy) is 1. The van der Waals surface area contributed by atoms with E-state index in [9.17, 15) is 4.79 Å². The summed E-state index contributed by atoms with van der Waals surface area (Å²) in [5, 5.41) is 0.405. The van der Waals surface area contributed by atoms with Gasteiger partial charge in [0.2, 0.25) is 0 Å². The van der Waals surface area contributed by atoms with Crippen molar-refractivity contribution in [3.63, 3.8) is 0 Å². The second-order valence-corrected chi connectivity index (χ2v) is 2.38. The third kappa shape index (κ3) is 1.55. The number of carbonyl (C=O) groups excluding carboxylic acids is 1. The highest BCUT2D eigenvalue weighted by atomic mass is 79.9. The van der Waals surface area contributed by atoms with Crippen LogP contribution < -0.4 is 0 Å². The van der Waals surface area contributed by atoms with E-state index in [1.54, 1.807) is 6.26 Å². The number of ketones is 1. The minimum Gasteiger partial charge on any atom is -0.500 e. The van der Waals surface area contributed by atoms with Crippen LogP contribution in [0.2, 0.25) is 0 Å². The molecular formula is C6H7BrO2. The molecule has 0 N–H and O–H groups in total. The molecule has 0 aliphatic carbocycles. The van der Waals surface area contributed by atoms with E-state index >= 15 is 0 Å². The van der Waals surface area contributed by atoms with Gasteiger partial charge in [-0.3, -0.25) is 4.79 Å². The van der Waals surface area contributed by atoms with E-state index in [0.717, 1.165) is 12.0 Å². The van der Waals surface area contributed by atoms with Crippen molar-refractivity contribution in [2.45, 2.75) is 6.42 Å². The highest BCUT2D eigenvalue weighted by Crippen LogP contribution is 2.11. The number of alkyl halides is 1. The van der Waals surface area contributed by atoms with Gasteiger partial charge < -0.3 is 4.74 Å². The molecule has 0 bridgehead atoms. The topological polar surface area (TPSA) is 26.3 Å². The van der Waals surface area contributed by atoms with Crippen LogP contribution in [0.15, 0.2) is 11.8 Å². The second kappa shape index (κ2) is 3.01. The van der Waals surface area contributed by atoms with E-state index < -0.39 is 0 Å². The average Bonchev–Trinajstić information content (AvgIpc) is 2.37. The largest absolute Gasteiger partial charge is 0.500 e. The zero-order valence-electron chi connectivity index (χ0n) is 4.89. The van der Waals surface area contributed by atoms with Crippen LogP contribution in [0.25, 0.3) is 0 Å². The normalized spacial score (nSPS) is 16.8. The Balaban J connectivity index is 2.51. The quantitative estimate of drug-likeness (QED) is 0.614. The maximum Gasteiger partial charge on any atom is 0.172 e. The van der Waals surface area contributed by atoms with Crippen molar-refractivity contribution < 1.29 is 9.53 Å². The van der Waals surface area contributed by atoms with Crippen LogP contribution >= 0.6 is 15.9 Å². The predicted octanol–water partition coefficient (Wildman–Crippen LogP) is 1.25. The molecule has 0 aromatic heterocycles. The SMILES string of the molecule is O=C(CBr)C1=COCC1. The van der Waals surface area contributed by atoms with E-state index in [-0.39, 0.29) is 5.78 Å². The fourth-order valence-corrected chi connectivity index (χ4v) is 1.04. The molecule has 0 aromatic carbocycles. The summed E-state index contributed by atoms with van der Waals surface area (Å²) in [6, 6.07) is 0. The minimum absolute atomic E-state index is 0.132. The van der Waals surface area contributed by atoms with Crippen molar-refractivity contribution in [1.29, 1.82) is 0 Å². The maximum atomic E-state index is 10.8. The molecule has 0 saturated carbocycles. The smallest absolute Gasteiger partial charge is 0.172 e. The molecule has 1 rings (SSSR count). The van der Waals surface area contributed by atoms with Gasteiger partial charge in [-0.05, 0) is 0 Å². The van der Waals surface area contributed by atoms with Gasteiger partial charge in [0, 0.05) is 12.0 Å². The first-order valence-electron chi connectivity index (χ1n) is 2.74. The molecule has 0 amide bonds. The van der Waals surface area contributed by atoms with Gasteiger partial charge in [0.25, 0.3) is 0 Å². The summed E-state index contributed by atoms with van der Waals surface area (Å²) >= 11 is 3.08. The Morgan fingerprint density at radius 1 is 1.89 bits per heavy atom. The molecule has 0 atom stereocenters. The zero-order chi connectivity index (χ0) is 6.69. The summed E-state index contributed by atoms with van der Waals surface area (Å²) in [6.07, 6.45) is 2.31. The molecule has 0 fully saturated rings. The van der Waals surface area contributed by atoms with Crippen LogP contribution in [0.1, 0.15) is 6.42 Å². The molecule has 0 unspecified atom stereocenters. The Labute approximate surface area is 62.0 Å². The summed E-state index contributed by atoms with van der Waals surface area (Å²) < 4.78 is 4.88. The number of halogens is 1. The third-order valence-corrected chi connectivity index (χ3v) is 1.70. The van der Waals surface area contributed by atoms with E-state index in [4.69, 9.17) is 4.74 Å². The molecular weight excluding hydrogens is 184 g/mol. The van der Waals surface area contributed by atoms with Crippen molar-refractivity contribution in [3.8, 4) is 0 Å². The molecule has 0 spiro atoms. The van der Waals surface area contributed by atoms with E-state index in [1.165, 1.54) is 0 Å². The van der Waals surface area contributed by atoms with Crippen molar-refractivity contribution >= 4 is 21.7 Å². The number of hydrogen-bond acceptors (Lipinski definition) is 2. The van der Waals surface area contributed by atoms with Crippen molar-refractivity contribution in [2.75, 3.05) is 11.9 Å². The maximum absolute atomic E-state index is 10.8. The van der Waals surface area contributed by atoms with Crippen LogP contribution in [0.4, 0.5) is 0 Å². The Morgan fingerprint density at radius 2 is 2.67 bits per heavy atom. The zero-order valence-corrected chi connectivity index (χ0v) is 6.48. The van der Waals surface area contributed by atoms with Crippen molar-refractivity contribution in [2.24, 2.45) is 0 Å². The lowest BCUT2D eigenvalue weighted by atomic mass is 10.2. The lowest BCUT2D eigenvalue weighted by Crippen LogP contribution is -2.00. The first-order chi connectivity index (χ1) is 4.34. The number of carbonyl (C=O) groups is 1. The molecule has 0 radical (unpaired) electrons. The van der Waals surface area contributed by atoms with Crippen LogP contribution in [0, 0.1) is 0 Å². The molecule has 50 valence electrons. The molecule has 9 heavy (non-hydrogen) atoms. The van der Waals surface area contributed by atoms with E-state index in [0.29, 0.717) is 11.9 Å². The molecule has 0 saturated heterocycles. The van der Waals surface area contributed by atoms with E-state index in [2.05, 4.69) is 15.9 Å². The Kier molecular flexibility index (Phi) is 2.28. The molecule has 0 aromatic rings. The van der Waals surface area contributed by atoms with Gasteiger partial charge in [0.05, 0.1) is 18.2 Å². The van der Waals surface area contributed by atoms with Gasteiger partial charge in [-0.2, -0.15) is 0 Å². The van der Waals surface area contributed by atoms with Gasteiger partial charge in [0.15, 0.2) is 5.78 Å². The number of rotatable bonds is 2. The van der Waals surface area contributed by atoms with Crippen LogP contribution in [-0.4, -0.2) is 17.7 Å². The molecule has 2 nitrogen and oxygen atoms in total. The Hall–Kier alpha value is -0.310. The highest BCUT2D eigenvalue weighted by Gasteiger charge is 2.11. The lowest BCUT2D eigenvalue weighted by molar-refractivity contribution is -0.113. The fourth-order valence-electron chi connectivity index (χ4n) is 0.678. The summed E-state index contributed by atoms with van der Waals surface area (Å²) in [5.41, 5.74) is 0.798. The molecule has 1 aliphatic heterocycles. The average molecular weight is 191 g/mol. The first-order valence-corrected chi connectivity index (χ1v) is 3.86. The van der Waals surface area contributed by atoms with Gasteiger partial charge >= 0.3 is 0 Å². The fraction of sp³-hybridized carbons (Fsp3) is 0.500. The van der Waals surface area contributed by atoms with Crippen LogP contribution in [0.3, 0.4) is 0 Å². The summed E-state index contributed by atoms with van der Waals surface area (Å²) in [5.74, 6) is 0.132. The molecule has 1 aliphatic rings. The summed E-state index contributed by atoms with van der Waals surface area (Å²) in [7, 11) is 0. The minimum atomic E-state index is 0.132. The van der Waals surface area contributed by atoms with Crippen LogP contribution in [0.5, 0.6) is 0 Å². The number of Topliss-reactive ketones (excluding diaryl/α,β-unsaturated/α-hetero) is 1. The van der Waals surface area contributed by atoms with Gasteiger partial charge in [-0.15, -0.1) is 0 Å². The van der Waals surface area contributed by atoms with E-state index in [1.807, 2.05) is 0 Å². The number of hydrogen-bond donors (Lipinski definition) is 0. The van der Waals surface area contributed by atoms with Gasteiger partial charge in [-0.25, -0.2) is 0 Å². The molecule has 1 heterocycles. The van der Waals surface area contributed by atoms with Crippen molar-refractivity contribution in [1.82, 2.24) is 0 Å². The first kappa shape index (κ1) is 6.81. The van der Waals surface area contributed by atoms with Crippen molar-refractivity contribution in [3.05, 3.63) is 11.8 Å². The monoisotopic (exact) mass is 190 g/mol. The van der Waals surface area contributed by atoms with Crippen LogP contribution in [-0.2, 0) is 9.53 Å². The lowest BCUT2D eigenvalue weighted by Gasteiger charge is -1.89. The summed E-state index contributed by atoms with van der Waals surface area (Å²) in [4.78, 5) is 10.8. The Morgan fingerprint density at radius 3 is 3.11 bits per heavy atom. The third-order valence-electron chi connectivity index (χ3n) is 1.19. The summed E-state index contributed by atoms with van der Waals surface area (Å²) in [6.45, 7) is 0.661. The second-order valence-electron chi connectivity index (χ2n) is 1.82.